The normalized spacial score (nSPS) is 21.8. The van der Waals surface area contributed by atoms with Crippen LogP contribution in [0.25, 0.3) is 0 Å². The van der Waals surface area contributed by atoms with E-state index in [1.165, 1.54) is 0 Å². The molecule has 2 rings (SSSR count). The molecule has 0 N–H and O–H groups in total. The van der Waals surface area contributed by atoms with Gasteiger partial charge in [-0.15, -0.1) is 6.58 Å². The molecule has 1 heterocycles. The average molecular weight is 303 g/mol. The Bertz CT molecular complexity index is 507. The van der Waals surface area contributed by atoms with E-state index < -0.39 is 5.60 Å². The number of hydrogen-bond donors (Lipinski definition) is 0. The molecule has 1 aromatic carbocycles. The van der Waals surface area contributed by atoms with E-state index in [1.807, 2.05) is 57.2 Å². The van der Waals surface area contributed by atoms with Gasteiger partial charge >= 0.3 is 5.97 Å². The maximum absolute atomic E-state index is 12.4. The van der Waals surface area contributed by atoms with Gasteiger partial charge in [0.15, 0.2) is 0 Å². The van der Waals surface area contributed by atoms with Gasteiger partial charge in [0.25, 0.3) is 0 Å². The number of hydrogen-bond acceptors (Lipinski definition) is 4. The zero-order valence-corrected chi connectivity index (χ0v) is 13.6. The van der Waals surface area contributed by atoms with Crippen molar-refractivity contribution >= 4 is 5.97 Å². The summed E-state index contributed by atoms with van der Waals surface area (Å²) in [5, 5.41) is 0. The van der Waals surface area contributed by atoms with E-state index in [1.54, 1.807) is 0 Å². The Morgan fingerprint density at radius 1 is 1.36 bits per heavy atom. The van der Waals surface area contributed by atoms with Crippen LogP contribution in [0.3, 0.4) is 0 Å². The Labute approximate surface area is 132 Å². The fraction of sp³-hybridized carbons (Fsp3) is 0.500. The summed E-state index contributed by atoms with van der Waals surface area (Å²) in [6.07, 6.45) is 1.81. The van der Waals surface area contributed by atoms with Crippen molar-refractivity contribution in [3.63, 3.8) is 0 Å². The van der Waals surface area contributed by atoms with E-state index in [4.69, 9.17) is 9.47 Å². The summed E-state index contributed by atoms with van der Waals surface area (Å²) in [4.78, 5) is 14.5. The van der Waals surface area contributed by atoms with Crippen LogP contribution >= 0.6 is 0 Å². The summed E-state index contributed by atoms with van der Waals surface area (Å²) in [6, 6.07) is 9.41. The van der Waals surface area contributed by atoms with Crippen molar-refractivity contribution < 1.29 is 14.3 Å². The molecule has 1 aliphatic heterocycles. The molecular formula is C18H25NO3. The highest BCUT2D eigenvalue weighted by Gasteiger charge is 2.45. The van der Waals surface area contributed by atoms with Crippen LogP contribution in [0, 0.1) is 5.92 Å². The third-order valence-electron chi connectivity index (χ3n) is 3.53. The highest BCUT2D eigenvalue weighted by molar-refractivity contribution is 5.78. The molecule has 0 unspecified atom stereocenters. The molecule has 0 saturated carbocycles. The van der Waals surface area contributed by atoms with Crippen LogP contribution < -0.4 is 4.74 Å². The van der Waals surface area contributed by atoms with Gasteiger partial charge in [0, 0.05) is 19.0 Å². The number of rotatable bonds is 6. The van der Waals surface area contributed by atoms with E-state index in [0.29, 0.717) is 13.2 Å². The summed E-state index contributed by atoms with van der Waals surface area (Å²) in [5.74, 6) is 0.796. The van der Waals surface area contributed by atoms with Crippen LogP contribution in [-0.2, 0) is 9.53 Å². The largest absolute Gasteiger partial charge is 0.493 e. The third kappa shape index (κ3) is 4.34. The molecule has 0 spiro atoms. The molecule has 0 bridgehead atoms. The number of carbonyl (C=O) groups is 1. The Balaban J connectivity index is 1.95. The lowest BCUT2D eigenvalue weighted by atomic mass is 9.89. The molecule has 0 amide bonds. The number of benzene rings is 1. The van der Waals surface area contributed by atoms with Crippen molar-refractivity contribution in [2.45, 2.75) is 32.4 Å². The molecule has 0 aromatic heterocycles. The van der Waals surface area contributed by atoms with Crippen molar-refractivity contribution in [2.75, 3.05) is 19.7 Å². The second-order valence-corrected chi connectivity index (χ2v) is 6.61. The molecular weight excluding hydrogens is 278 g/mol. The minimum absolute atomic E-state index is 0.148. The molecule has 4 heteroatoms. The molecule has 1 fully saturated rings. The van der Waals surface area contributed by atoms with Crippen molar-refractivity contribution in [3.8, 4) is 5.75 Å². The van der Waals surface area contributed by atoms with Crippen molar-refractivity contribution in [3.05, 3.63) is 43.0 Å². The van der Waals surface area contributed by atoms with Crippen LogP contribution in [0.4, 0.5) is 0 Å². The minimum Gasteiger partial charge on any atom is -0.493 e. The first-order valence-electron chi connectivity index (χ1n) is 7.66. The van der Waals surface area contributed by atoms with Gasteiger partial charge in [-0.25, -0.2) is 0 Å². The van der Waals surface area contributed by atoms with Gasteiger partial charge in [0.1, 0.15) is 17.4 Å². The standard InChI is InChI=1S/C18H25NO3/c1-5-11-19-12-14(13-21-15-9-7-6-8-10-15)16(19)17(20)22-18(2,3)4/h5-10,14,16H,1,11-13H2,2-4H3/t14-,16+/m0/s1. The molecule has 1 aromatic rings. The van der Waals surface area contributed by atoms with Crippen LogP contribution in [-0.4, -0.2) is 42.2 Å². The molecule has 22 heavy (non-hydrogen) atoms. The highest BCUT2D eigenvalue weighted by Crippen LogP contribution is 2.28. The number of carbonyl (C=O) groups excluding carboxylic acids is 1. The van der Waals surface area contributed by atoms with E-state index in [2.05, 4.69) is 11.5 Å². The Kier molecular flexibility index (Phi) is 5.24. The Morgan fingerprint density at radius 3 is 2.64 bits per heavy atom. The number of ether oxygens (including phenoxy) is 2. The minimum atomic E-state index is -0.475. The van der Waals surface area contributed by atoms with Gasteiger partial charge in [-0.3, -0.25) is 9.69 Å². The summed E-state index contributed by atoms with van der Waals surface area (Å²) < 4.78 is 11.3. The van der Waals surface area contributed by atoms with Gasteiger partial charge in [-0.05, 0) is 32.9 Å². The molecule has 1 aliphatic rings. The summed E-state index contributed by atoms with van der Waals surface area (Å²) in [7, 11) is 0. The van der Waals surface area contributed by atoms with E-state index in [-0.39, 0.29) is 17.9 Å². The Morgan fingerprint density at radius 2 is 2.05 bits per heavy atom. The van der Waals surface area contributed by atoms with E-state index in [0.717, 1.165) is 12.3 Å². The zero-order valence-electron chi connectivity index (χ0n) is 13.6. The van der Waals surface area contributed by atoms with Crippen LogP contribution in [0.15, 0.2) is 43.0 Å². The number of likely N-dealkylation sites (tertiary alicyclic amines) is 1. The zero-order chi connectivity index (χ0) is 16.2. The van der Waals surface area contributed by atoms with Crippen molar-refractivity contribution in [2.24, 2.45) is 5.92 Å². The lowest BCUT2D eigenvalue weighted by Gasteiger charge is -2.46. The number of nitrogens with zero attached hydrogens (tertiary/aromatic N) is 1. The maximum Gasteiger partial charge on any atom is 0.324 e. The number of esters is 1. The monoisotopic (exact) mass is 303 g/mol. The highest BCUT2D eigenvalue weighted by atomic mass is 16.6. The first kappa shape index (κ1) is 16.6. The van der Waals surface area contributed by atoms with Crippen molar-refractivity contribution in [1.29, 1.82) is 0 Å². The lowest BCUT2D eigenvalue weighted by molar-refractivity contribution is -0.172. The Hall–Kier alpha value is -1.81. The van der Waals surface area contributed by atoms with Gasteiger partial charge in [0.2, 0.25) is 0 Å². The quantitative estimate of drug-likeness (QED) is 0.598. The smallest absolute Gasteiger partial charge is 0.324 e. The predicted molar refractivity (Wildman–Crippen MR) is 86.8 cm³/mol. The topological polar surface area (TPSA) is 38.8 Å². The lowest BCUT2D eigenvalue weighted by Crippen LogP contribution is -2.62. The van der Waals surface area contributed by atoms with Gasteiger partial charge < -0.3 is 9.47 Å². The maximum atomic E-state index is 12.4. The van der Waals surface area contributed by atoms with Gasteiger partial charge in [-0.2, -0.15) is 0 Å². The fourth-order valence-corrected chi connectivity index (χ4v) is 2.60. The average Bonchev–Trinajstić information content (AvgIpc) is 2.40. The predicted octanol–water partition coefficient (Wildman–Crippen LogP) is 2.89. The molecule has 1 saturated heterocycles. The first-order chi connectivity index (χ1) is 10.4. The second-order valence-electron chi connectivity index (χ2n) is 6.61. The van der Waals surface area contributed by atoms with Crippen molar-refractivity contribution in [1.82, 2.24) is 4.90 Å². The SMILES string of the molecule is C=CCN1C[C@@H](COc2ccccc2)[C@@H]1C(=O)OC(C)(C)C. The third-order valence-corrected chi connectivity index (χ3v) is 3.53. The fourth-order valence-electron chi connectivity index (χ4n) is 2.60. The van der Waals surface area contributed by atoms with E-state index in [9.17, 15) is 4.79 Å². The summed E-state index contributed by atoms with van der Waals surface area (Å²) >= 11 is 0. The number of para-hydroxylation sites is 1. The van der Waals surface area contributed by atoms with E-state index >= 15 is 0 Å². The molecule has 120 valence electrons. The molecule has 0 radical (unpaired) electrons. The second kappa shape index (κ2) is 6.97. The molecule has 0 aliphatic carbocycles. The van der Waals surface area contributed by atoms with Gasteiger partial charge in [-0.1, -0.05) is 24.3 Å². The van der Waals surface area contributed by atoms with Gasteiger partial charge in [0.05, 0.1) is 6.61 Å². The van der Waals surface area contributed by atoms with Crippen LogP contribution in [0.5, 0.6) is 5.75 Å². The summed E-state index contributed by atoms with van der Waals surface area (Å²) in [5.41, 5.74) is -0.475. The summed E-state index contributed by atoms with van der Waals surface area (Å²) in [6.45, 7) is 11.4. The molecule has 2 atom stereocenters. The van der Waals surface area contributed by atoms with Crippen LogP contribution in [0.1, 0.15) is 20.8 Å². The first-order valence-corrected chi connectivity index (χ1v) is 7.66. The molecule has 4 nitrogen and oxygen atoms in total. The van der Waals surface area contributed by atoms with Crippen LogP contribution in [0.2, 0.25) is 0 Å².